The van der Waals surface area contributed by atoms with E-state index in [0.717, 1.165) is 32.8 Å². The molecule has 154 valence electrons. The Morgan fingerprint density at radius 2 is 1.80 bits per heavy atom. The van der Waals surface area contributed by atoms with Gasteiger partial charge in [-0.15, -0.1) is 11.3 Å². The number of hydrogen-bond donors (Lipinski definition) is 2. The lowest BCUT2D eigenvalue weighted by Gasteiger charge is -2.13. The molecule has 0 aliphatic rings. The maximum absolute atomic E-state index is 11.3. The lowest BCUT2D eigenvalue weighted by atomic mass is 10.1. The summed E-state index contributed by atoms with van der Waals surface area (Å²) in [5, 5.41) is 14.7. The number of fused-ring (bicyclic) bond motifs is 1. The number of aromatic nitrogens is 1. The molecule has 6 nitrogen and oxygen atoms in total. The molecule has 0 saturated heterocycles. The number of methoxy groups -OCH3 is 2. The lowest BCUT2D eigenvalue weighted by Crippen LogP contribution is -2.13. The van der Waals surface area contributed by atoms with E-state index in [2.05, 4.69) is 22.1 Å². The molecule has 0 radical (unpaired) electrons. The molecule has 4 rings (SSSR count). The average Bonchev–Trinajstić information content (AvgIpc) is 3.39. The topological polar surface area (TPSA) is 72.7 Å². The van der Waals surface area contributed by atoms with Gasteiger partial charge in [0.25, 0.3) is 0 Å². The predicted molar refractivity (Wildman–Crippen MR) is 118 cm³/mol. The number of benzene rings is 2. The Morgan fingerprint density at radius 3 is 2.53 bits per heavy atom. The van der Waals surface area contributed by atoms with Gasteiger partial charge in [-0.05, 0) is 29.8 Å². The smallest absolute Gasteiger partial charge is 0.345 e. The van der Waals surface area contributed by atoms with E-state index < -0.39 is 5.97 Å². The van der Waals surface area contributed by atoms with E-state index in [9.17, 15) is 9.90 Å². The molecular weight excluding hydrogens is 400 g/mol. The molecule has 4 aromatic rings. The van der Waals surface area contributed by atoms with Crippen molar-refractivity contribution >= 4 is 28.2 Å². The molecule has 2 aromatic carbocycles. The Kier molecular flexibility index (Phi) is 5.74. The molecule has 0 amide bonds. The summed E-state index contributed by atoms with van der Waals surface area (Å²) in [7, 11) is 3.27. The zero-order chi connectivity index (χ0) is 21.1. The number of carbonyl (C=O) groups is 1. The Hall–Kier alpha value is -3.29. The van der Waals surface area contributed by atoms with E-state index in [-0.39, 0.29) is 0 Å². The van der Waals surface area contributed by atoms with Crippen molar-refractivity contribution in [1.82, 2.24) is 9.88 Å². The van der Waals surface area contributed by atoms with Gasteiger partial charge in [-0.3, -0.25) is 0 Å². The normalized spacial score (nSPS) is 11.0. The standard InChI is InChI=1S/C23H22N2O4S/c1-28-19-9-5-6-15(22(19)29-2)12-24-13-16-14-25(18-8-4-3-7-17(16)18)21-11-10-20(30-21)23(26)27/h3-11,14,24H,12-13H2,1-2H3,(H,26,27). The second kappa shape index (κ2) is 8.61. The quantitative estimate of drug-likeness (QED) is 0.431. The summed E-state index contributed by atoms with van der Waals surface area (Å²) in [4.78, 5) is 11.6. The fraction of sp³-hybridized carbons (Fsp3) is 0.174. The molecule has 0 spiro atoms. The van der Waals surface area contributed by atoms with Crippen LogP contribution in [0.4, 0.5) is 0 Å². The van der Waals surface area contributed by atoms with Gasteiger partial charge < -0.3 is 24.5 Å². The largest absolute Gasteiger partial charge is 0.493 e. The molecule has 0 unspecified atom stereocenters. The first-order chi connectivity index (χ1) is 14.6. The lowest BCUT2D eigenvalue weighted by molar-refractivity contribution is 0.0702. The zero-order valence-corrected chi connectivity index (χ0v) is 17.5. The van der Waals surface area contributed by atoms with E-state index in [4.69, 9.17) is 9.47 Å². The highest BCUT2D eigenvalue weighted by Crippen LogP contribution is 2.31. The van der Waals surface area contributed by atoms with Crippen molar-refractivity contribution < 1.29 is 19.4 Å². The summed E-state index contributed by atoms with van der Waals surface area (Å²) in [6.07, 6.45) is 2.07. The van der Waals surface area contributed by atoms with Crippen LogP contribution in [0, 0.1) is 0 Å². The van der Waals surface area contributed by atoms with Crippen molar-refractivity contribution in [2.24, 2.45) is 0 Å². The van der Waals surface area contributed by atoms with Crippen LogP contribution in [0.5, 0.6) is 11.5 Å². The molecule has 0 aliphatic heterocycles. The summed E-state index contributed by atoms with van der Waals surface area (Å²) in [6.45, 7) is 1.28. The Morgan fingerprint density at radius 1 is 1.00 bits per heavy atom. The monoisotopic (exact) mass is 422 g/mol. The number of nitrogens with zero attached hydrogens (tertiary/aromatic N) is 1. The van der Waals surface area contributed by atoms with E-state index in [1.165, 1.54) is 11.3 Å². The molecule has 0 atom stereocenters. The first-order valence-corrected chi connectivity index (χ1v) is 10.3. The number of ether oxygens (including phenoxy) is 2. The van der Waals surface area contributed by atoms with E-state index in [1.54, 1.807) is 20.3 Å². The molecule has 0 saturated carbocycles. The van der Waals surface area contributed by atoms with Crippen LogP contribution in [0.3, 0.4) is 0 Å². The van der Waals surface area contributed by atoms with Gasteiger partial charge in [0.1, 0.15) is 9.88 Å². The van der Waals surface area contributed by atoms with Crippen molar-refractivity contribution in [2.45, 2.75) is 13.1 Å². The van der Waals surface area contributed by atoms with Gasteiger partial charge in [0.05, 0.1) is 19.7 Å². The summed E-state index contributed by atoms with van der Waals surface area (Å²) in [5.74, 6) is 0.534. The average molecular weight is 423 g/mol. The van der Waals surface area contributed by atoms with Crippen molar-refractivity contribution in [1.29, 1.82) is 0 Å². The van der Waals surface area contributed by atoms with Crippen LogP contribution in [0.2, 0.25) is 0 Å². The first-order valence-electron chi connectivity index (χ1n) is 9.45. The summed E-state index contributed by atoms with van der Waals surface area (Å²) >= 11 is 1.26. The summed E-state index contributed by atoms with van der Waals surface area (Å²) in [5.41, 5.74) is 3.20. The molecule has 0 fully saturated rings. The second-order valence-corrected chi connectivity index (χ2v) is 7.80. The maximum Gasteiger partial charge on any atom is 0.345 e. The molecule has 2 N–H and O–H groups in total. The van der Waals surface area contributed by atoms with Crippen LogP contribution in [-0.4, -0.2) is 29.9 Å². The number of para-hydroxylation sites is 2. The van der Waals surface area contributed by atoms with Crippen LogP contribution in [0.15, 0.2) is 60.8 Å². The minimum atomic E-state index is -0.906. The third-order valence-electron chi connectivity index (χ3n) is 4.95. The van der Waals surface area contributed by atoms with Gasteiger partial charge in [0, 0.05) is 30.2 Å². The predicted octanol–water partition coefficient (Wildman–Crippen LogP) is 4.70. The highest BCUT2D eigenvalue weighted by Gasteiger charge is 2.14. The minimum absolute atomic E-state index is 0.326. The number of hydrogen-bond acceptors (Lipinski definition) is 5. The third-order valence-corrected chi connectivity index (χ3v) is 6.02. The molecular formula is C23H22N2O4S. The molecule has 0 bridgehead atoms. The summed E-state index contributed by atoms with van der Waals surface area (Å²) < 4.78 is 12.9. The number of rotatable bonds is 8. The number of carboxylic acid groups (broad SMARTS) is 1. The van der Waals surface area contributed by atoms with E-state index >= 15 is 0 Å². The van der Waals surface area contributed by atoms with Crippen LogP contribution < -0.4 is 14.8 Å². The second-order valence-electron chi connectivity index (χ2n) is 6.74. The number of carboxylic acids is 1. The van der Waals surface area contributed by atoms with Gasteiger partial charge >= 0.3 is 5.97 Å². The van der Waals surface area contributed by atoms with Crippen LogP contribution in [0.1, 0.15) is 20.8 Å². The number of nitrogens with one attached hydrogen (secondary N) is 1. The Balaban J connectivity index is 1.59. The molecule has 30 heavy (non-hydrogen) atoms. The summed E-state index contributed by atoms with van der Waals surface area (Å²) in [6, 6.07) is 17.5. The van der Waals surface area contributed by atoms with Gasteiger partial charge in [0.15, 0.2) is 11.5 Å². The zero-order valence-electron chi connectivity index (χ0n) is 16.7. The maximum atomic E-state index is 11.3. The van der Waals surface area contributed by atoms with Crippen molar-refractivity contribution in [3.8, 4) is 16.5 Å². The molecule has 7 heteroatoms. The van der Waals surface area contributed by atoms with E-state index in [1.807, 2.05) is 42.5 Å². The third kappa shape index (κ3) is 3.77. The first kappa shape index (κ1) is 20.0. The van der Waals surface area contributed by atoms with Crippen molar-refractivity contribution in [3.63, 3.8) is 0 Å². The molecule has 2 aromatic heterocycles. The minimum Gasteiger partial charge on any atom is -0.493 e. The Labute approximate surface area is 178 Å². The van der Waals surface area contributed by atoms with Gasteiger partial charge in [0.2, 0.25) is 0 Å². The van der Waals surface area contributed by atoms with Gasteiger partial charge in [-0.2, -0.15) is 0 Å². The highest BCUT2D eigenvalue weighted by molar-refractivity contribution is 7.16. The van der Waals surface area contributed by atoms with Crippen molar-refractivity contribution in [3.05, 3.63) is 76.8 Å². The highest BCUT2D eigenvalue weighted by atomic mass is 32.1. The number of aromatic carboxylic acids is 1. The molecule has 2 heterocycles. The van der Waals surface area contributed by atoms with Crippen molar-refractivity contribution in [2.75, 3.05) is 14.2 Å². The van der Waals surface area contributed by atoms with Crippen LogP contribution in [-0.2, 0) is 13.1 Å². The van der Waals surface area contributed by atoms with Gasteiger partial charge in [-0.1, -0.05) is 30.3 Å². The SMILES string of the molecule is COc1cccc(CNCc2cn(-c3ccc(C(=O)O)s3)c3ccccc23)c1OC. The fourth-order valence-corrected chi connectivity index (χ4v) is 4.40. The van der Waals surface area contributed by atoms with E-state index in [0.29, 0.717) is 23.7 Å². The Bertz CT molecular complexity index is 1200. The molecule has 0 aliphatic carbocycles. The van der Waals surface area contributed by atoms with Gasteiger partial charge in [-0.25, -0.2) is 4.79 Å². The van der Waals surface area contributed by atoms with Crippen LogP contribution >= 0.6 is 11.3 Å². The number of thiophene rings is 1. The fourth-order valence-electron chi connectivity index (χ4n) is 3.57. The van der Waals surface area contributed by atoms with Crippen LogP contribution in [0.25, 0.3) is 15.9 Å².